The van der Waals surface area contributed by atoms with Crippen molar-refractivity contribution >= 4 is 16.8 Å². The van der Waals surface area contributed by atoms with Gasteiger partial charge in [0, 0.05) is 25.4 Å². The molecule has 6 nitrogen and oxygen atoms in total. The number of pyridine rings is 1. The van der Waals surface area contributed by atoms with Gasteiger partial charge in [-0.05, 0) is 25.3 Å². The van der Waals surface area contributed by atoms with Crippen LogP contribution in [0, 0.1) is 11.6 Å². The quantitative estimate of drug-likeness (QED) is 0.776. The lowest BCUT2D eigenvalue weighted by Gasteiger charge is -2.16. The van der Waals surface area contributed by atoms with E-state index in [1.807, 2.05) is 0 Å². The number of nitrogens with one attached hydrogen (secondary N) is 1. The number of aliphatic hydroxyl groups excluding tert-OH is 1. The van der Waals surface area contributed by atoms with Gasteiger partial charge in [0.05, 0.1) is 18.0 Å². The maximum atomic E-state index is 14.1. The monoisotopic (exact) mass is 352 g/mol. The van der Waals surface area contributed by atoms with Gasteiger partial charge in [-0.1, -0.05) is 0 Å². The van der Waals surface area contributed by atoms with E-state index in [4.69, 9.17) is 9.84 Å². The average Bonchev–Trinajstić information content (AvgIpc) is 3.42. The molecule has 1 aromatic carbocycles. The van der Waals surface area contributed by atoms with Gasteiger partial charge in [-0.2, -0.15) is 4.39 Å². The predicted molar refractivity (Wildman–Crippen MR) is 87.0 cm³/mol. The standard InChI is InChI=1S/C17H18F2N2O4/c1-25-16-13(19)12(18)7-10-14(16)21(9-3-4-9)8-11(15(10)23)17(24)20-5-2-6-22/h7-9,22H,2-6H2,1H3,(H,20,24). The SMILES string of the molecule is COc1c(F)c(F)cc2c(=O)c(C(=O)NCCCO)cn(C3CC3)c12. The fourth-order valence-electron chi connectivity index (χ4n) is 2.79. The Hall–Kier alpha value is -2.48. The van der Waals surface area contributed by atoms with Crippen molar-refractivity contribution in [1.29, 1.82) is 0 Å². The van der Waals surface area contributed by atoms with E-state index in [2.05, 4.69) is 5.32 Å². The number of aliphatic hydroxyl groups is 1. The number of carbonyl (C=O) groups is 1. The summed E-state index contributed by atoms with van der Waals surface area (Å²) in [5, 5.41) is 11.2. The van der Waals surface area contributed by atoms with Gasteiger partial charge in [0.2, 0.25) is 11.2 Å². The molecule has 1 amide bonds. The fraction of sp³-hybridized carbons (Fsp3) is 0.412. The number of hydrogen-bond acceptors (Lipinski definition) is 4. The second-order valence-electron chi connectivity index (χ2n) is 5.95. The van der Waals surface area contributed by atoms with Crippen LogP contribution in [0.5, 0.6) is 5.75 Å². The number of halogens is 2. The number of benzene rings is 1. The molecule has 0 bridgehead atoms. The van der Waals surface area contributed by atoms with Gasteiger partial charge in [0.1, 0.15) is 5.56 Å². The first-order chi connectivity index (χ1) is 12.0. The highest BCUT2D eigenvalue weighted by molar-refractivity contribution is 5.98. The summed E-state index contributed by atoms with van der Waals surface area (Å²) in [7, 11) is 1.20. The van der Waals surface area contributed by atoms with Gasteiger partial charge < -0.3 is 19.7 Å². The molecule has 1 aliphatic carbocycles. The topological polar surface area (TPSA) is 80.6 Å². The number of nitrogens with zero attached hydrogens (tertiary/aromatic N) is 1. The highest BCUT2D eigenvalue weighted by Crippen LogP contribution is 2.40. The number of aromatic nitrogens is 1. The summed E-state index contributed by atoms with van der Waals surface area (Å²) in [6.07, 6.45) is 3.34. The molecular weight excluding hydrogens is 334 g/mol. The van der Waals surface area contributed by atoms with Crippen LogP contribution >= 0.6 is 0 Å². The number of hydrogen-bond donors (Lipinski definition) is 2. The van der Waals surface area contributed by atoms with Crippen LogP contribution in [-0.4, -0.2) is 35.8 Å². The molecule has 1 heterocycles. The van der Waals surface area contributed by atoms with E-state index in [-0.39, 0.29) is 41.4 Å². The first kappa shape index (κ1) is 17.3. The third-order valence-corrected chi connectivity index (χ3v) is 4.18. The summed E-state index contributed by atoms with van der Waals surface area (Å²) in [5.74, 6) is -3.32. The van der Waals surface area contributed by atoms with E-state index >= 15 is 0 Å². The lowest BCUT2D eigenvalue weighted by molar-refractivity contribution is 0.0949. The van der Waals surface area contributed by atoms with Crippen LogP contribution in [0.3, 0.4) is 0 Å². The molecule has 0 unspecified atom stereocenters. The highest BCUT2D eigenvalue weighted by Gasteiger charge is 2.30. The maximum Gasteiger partial charge on any atom is 0.256 e. The van der Waals surface area contributed by atoms with Crippen LogP contribution in [0.25, 0.3) is 10.9 Å². The summed E-state index contributed by atoms with van der Waals surface area (Å²) in [6.45, 7) is 0.114. The highest BCUT2D eigenvalue weighted by atomic mass is 19.2. The lowest BCUT2D eigenvalue weighted by Crippen LogP contribution is -2.31. The van der Waals surface area contributed by atoms with Gasteiger partial charge >= 0.3 is 0 Å². The first-order valence-corrected chi connectivity index (χ1v) is 7.99. The molecule has 8 heteroatoms. The minimum Gasteiger partial charge on any atom is -0.491 e. The Balaban J connectivity index is 2.22. The van der Waals surface area contributed by atoms with Crippen molar-refractivity contribution in [3.05, 3.63) is 39.7 Å². The van der Waals surface area contributed by atoms with Crippen molar-refractivity contribution in [2.24, 2.45) is 0 Å². The van der Waals surface area contributed by atoms with Crippen molar-refractivity contribution in [3.8, 4) is 5.75 Å². The fourth-order valence-corrected chi connectivity index (χ4v) is 2.79. The van der Waals surface area contributed by atoms with E-state index in [9.17, 15) is 18.4 Å². The molecule has 1 saturated carbocycles. The van der Waals surface area contributed by atoms with Crippen LogP contribution in [0.15, 0.2) is 17.1 Å². The Kier molecular flexibility index (Phi) is 4.71. The summed E-state index contributed by atoms with van der Waals surface area (Å²) in [4.78, 5) is 24.9. The van der Waals surface area contributed by atoms with E-state index in [0.717, 1.165) is 18.9 Å². The summed E-state index contributed by atoms with van der Waals surface area (Å²) in [6, 6.07) is 0.810. The van der Waals surface area contributed by atoms with Gasteiger partial charge in [-0.3, -0.25) is 9.59 Å². The minimum atomic E-state index is -1.21. The van der Waals surface area contributed by atoms with Crippen molar-refractivity contribution in [3.63, 3.8) is 0 Å². The summed E-state index contributed by atoms with van der Waals surface area (Å²) < 4.78 is 34.5. The molecule has 0 saturated heterocycles. The van der Waals surface area contributed by atoms with E-state index in [1.165, 1.54) is 13.3 Å². The maximum absolute atomic E-state index is 14.1. The van der Waals surface area contributed by atoms with Crippen LogP contribution in [-0.2, 0) is 0 Å². The third-order valence-electron chi connectivity index (χ3n) is 4.18. The zero-order valence-electron chi connectivity index (χ0n) is 13.6. The largest absolute Gasteiger partial charge is 0.491 e. The third kappa shape index (κ3) is 3.09. The Morgan fingerprint density at radius 1 is 1.44 bits per heavy atom. The van der Waals surface area contributed by atoms with Crippen LogP contribution in [0.1, 0.15) is 35.7 Å². The van der Waals surface area contributed by atoms with Crippen LogP contribution < -0.4 is 15.5 Å². The summed E-state index contributed by atoms with van der Waals surface area (Å²) in [5.41, 5.74) is -0.684. The second-order valence-corrected chi connectivity index (χ2v) is 5.95. The Morgan fingerprint density at radius 3 is 2.76 bits per heavy atom. The number of methoxy groups -OCH3 is 1. The van der Waals surface area contributed by atoms with E-state index in [1.54, 1.807) is 4.57 Å². The van der Waals surface area contributed by atoms with Crippen molar-refractivity contribution in [2.45, 2.75) is 25.3 Å². The number of carbonyl (C=O) groups excluding carboxylic acids is 1. The molecule has 0 spiro atoms. The molecule has 1 aromatic heterocycles. The second kappa shape index (κ2) is 6.79. The van der Waals surface area contributed by atoms with Crippen molar-refractivity contribution in [2.75, 3.05) is 20.3 Å². The van der Waals surface area contributed by atoms with Gasteiger partial charge in [-0.25, -0.2) is 4.39 Å². The Morgan fingerprint density at radius 2 is 2.16 bits per heavy atom. The molecule has 0 radical (unpaired) electrons. The van der Waals surface area contributed by atoms with Gasteiger partial charge in [0.15, 0.2) is 11.6 Å². The zero-order valence-corrected chi connectivity index (χ0v) is 13.6. The van der Waals surface area contributed by atoms with E-state index < -0.39 is 23.0 Å². The van der Waals surface area contributed by atoms with Crippen molar-refractivity contribution in [1.82, 2.24) is 9.88 Å². The summed E-state index contributed by atoms with van der Waals surface area (Å²) >= 11 is 0. The molecule has 0 atom stereocenters. The molecule has 1 fully saturated rings. The van der Waals surface area contributed by atoms with Gasteiger partial charge in [0.25, 0.3) is 5.91 Å². The Labute approximate surface area is 142 Å². The normalized spacial score (nSPS) is 13.9. The van der Waals surface area contributed by atoms with Crippen LogP contribution in [0.4, 0.5) is 8.78 Å². The molecule has 2 N–H and O–H groups in total. The number of ether oxygens (including phenoxy) is 1. The molecule has 2 aromatic rings. The molecule has 1 aliphatic rings. The van der Waals surface area contributed by atoms with Gasteiger partial charge in [-0.15, -0.1) is 0 Å². The zero-order chi connectivity index (χ0) is 18.1. The van der Waals surface area contributed by atoms with Crippen molar-refractivity contribution < 1.29 is 23.4 Å². The average molecular weight is 352 g/mol. The molecule has 0 aliphatic heterocycles. The minimum absolute atomic E-state index is 0.00542. The van der Waals surface area contributed by atoms with E-state index in [0.29, 0.717) is 6.42 Å². The molecular formula is C17H18F2N2O4. The molecule has 134 valence electrons. The predicted octanol–water partition coefficient (Wildman–Crippen LogP) is 1.74. The number of fused-ring (bicyclic) bond motifs is 1. The first-order valence-electron chi connectivity index (χ1n) is 7.99. The molecule has 25 heavy (non-hydrogen) atoms. The molecule has 3 rings (SSSR count). The van der Waals surface area contributed by atoms with Crippen LogP contribution in [0.2, 0.25) is 0 Å². The lowest BCUT2D eigenvalue weighted by atomic mass is 10.1. The number of rotatable bonds is 6. The number of amides is 1. The Bertz CT molecular complexity index is 891. The smallest absolute Gasteiger partial charge is 0.256 e.